The average molecular weight is 169 g/mol. The predicted molar refractivity (Wildman–Crippen MR) is 50.5 cm³/mol. The van der Waals surface area contributed by atoms with Gasteiger partial charge in [0.15, 0.2) is 0 Å². The Bertz CT molecular complexity index is 568. The fourth-order valence-corrected chi connectivity index (χ4v) is 1.53. The number of aromatic nitrogens is 3. The molecule has 0 N–H and O–H groups in total. The molecule has 3 aromatic rings. The van der Waals surface area contributed by atoms with Crippen LogP contribution in [0.25, 0.3) is 16.6 Å². The Labute approximate surface area is 74.7 Å². The van der Waals surface area contributed by atoms with E-state index < -0.39 is 0 Å². The van der Waals surface area contributed by atoms with E-state index >= 15 is 0 Å². The van der Waals surface area contributed by atoms with Crippen molar-refractivity contribution < 1.29 is 0 Å². The van der Waals surface area contributed by atoms with Crippen LogP contribution in [0, 0.1) is 0 Å². The highest BCUT2D eigenvalue weighted by Gasteiger charge is 1.98. The fourth-order valence-electron chi connectivity index (χ4n) is 1.53. The highest BCUT2D eigenvalue weighted by molar-refractivity contribution is 5.79. The van der Waals surface area contributed by atoms with Crippen molar-refractivity contribution in [2.45, 2.75) is 0 Å². The maximum absolute atomic E-state index is 4.29. The summed E-state index contributed by atoms with van der Waals surface area (Å²) in [6.07, 6.45) is 7.46. The second kappa shape index (κ2) is 2.29. The molecule has 3 aromatic heterocycles. The van der Waals surface area contributed by atoms with Crippen LogP contribution in [0.3, 0.4) is 0 Å². The zero-order valence-electron chi connectivity index (χ0n) is 6.88. The summed E-state index contributed by atoms with van der Waals surface area (Å²) in [6.45, 7) is 0. The quantitative estimate of drug-likeness (QED) is 0.514. The molecule has 3 heteroatoms. The predicted octanol–water partition coefficient (Wildman–Crippen LogP) is 1.88. The van der Waals surface area contributed by atoms with Crippen molar-refractivity contribution in [2.24, 2.45) is 0 Å². The van der Waals surface area contributed by atoms with Crippen LogP contribution >= 0.6 is 0 Å². The largest absolute Gasteiger partial charge is 0.301 e. The monoisotopic (exact) mass is 169 g/mol. The highest BCUT2D eigenvalue weighted by Crippen LogP contribution is 2.13. The zero-order valence-corrected chi connectivity index (χ0v) is 6.88. The van der Waals surface area contributed by atoms with Gasteiger partial charge in [0.05, 0.1) is 5.52 Å². The summed E-state index contributed by atoms with van der Waals surface area (Å²) in [5, 5.41) is 1.06. The molecule has 0 bridgehead atoms. The summed E-state index contributed by atoms with van der Waals surface area (Å²) < 4.78 is 2.05. The summed E-state index contributed by atoms with van der Waals surface area (Å²) in [7, 11) is 0. The van der Waals surface area contributed by atoms with E-state index in [1.807, 2.05) is 36.8 Å². The second-order valence-corrected chi connectivity index (χ2v) is 2.93. The van der Waals surface area contributed by atoms with Crippen molar-refractivity contribution in [3.8, 4) is 0 Å². The van der Waals surface area contributed by atoms with Crippen LogP contribution in [0.4, 0.5) is 0 Å². The summed E-state index contributed by atoms with van der Waals surface area (Å²) in [4.78, 5) is 8.34. The zero-order chi connectivity index (χ0) is 8.67. The molecule has 0 spiro atoms. The third-order valence-electron chi connectivity index (χ3n) is 2.15. The van der Waals surface area contributed by atoms with E-state index in [2.05, 4.69) is 14.4 Å². The van der Waals surface area contributed by atoms with Crippen LogP contribution in [0.5, 0.6) is 0 Å². The highest BCUT2D eigenvalue weighted by atomic mass is 15.0. The molecule has 0 fully saturated rings. The van der Waals surface area contributed by atoms with Gasteiger partial charge in [-0.05, 0) is 18.2 Å². The Hall–Kier alpha value is -1.90. The molecule has 3 heterocycles. The van der Waals surface area contributed by atoms with E-state index in [0.29, 0.717) is 0 Å². The van der Waals surface area contributed by atoms with Gasteiger partial charge in [-0.2, -0.15) is 0 Å². The molecular weight excluding hydrogens is 162 g/mol. The molecule has 0 aliphatic heterocycles. The van der Waals surface area contributed by atoms with Crippen LogP contribution in [0.15, 0.2) is 43.0 Å². The number of nitrogens with zero attached hydrogens (tertiary/aromatic N) is 3. The molecule has 0 aliphatic rings. The van der Waals surface area contributed by atoms with E-state index in [1.54, 1.807) is 6.20 Å². The van der Waals surface area contributed by atoms with E-state index in [1.165, 1.54) is 0 Å². The third kappa shape index (κ3) is 0.839. The number of rotatable bonds is 0. The molecule has 0 saturated heterocycles. The minimum absolute atomic E-state index is 0.971. The normalized spacial score (nSPS) is 11.1. The van der Waals surface area contributed by atoms with Gasteiger partial charge in [0.1, 0.15) is 5.65 Å². The molecular formula is C10H7N3. The van der Waals surface area contributed by atoms with Crippen LogP contribution in [0.1, 0.15) is 0 Å². The molecule has 0 atom stereocenters. The lowest BCUT2D eigenvalue weighted by Crippen LogP contribution is -1.88. The Kier molecular flexibility index (Phi) is 1.16. The number of hydrogen-bond donors (Lipinski definition) is 0. The summed E-state index contributed by atoms with van der Waals surface area (Å²) in [5.41, 5.74) is 2.11. The van der Waals surface area contributed by atoms with E-state index in [9.17, 15) is 0 Å². The molecule has 3 nitrogen and oxygen atoms in total. The SMILES string of the molecule is c1cc2ncc3cnccc3n2c1. The maximum Gasteiger partial charge on any atom is 0.137 e. The summed E-state index contributed by atoms with van der Waals surface area (Å²) in [5.74, 6) is 0. The van der Waals surface area contributed by atoms with Gasteiger partial charge in [0.2, 0.25) is 0 Å². The molecule has 0 radical (unpaired) electrons. The smallest absolute Gasteiger partial charge is 0.137 e. The van der Waals surface area contributed by atoms with Crippen molar-refractivity contribution in [2.75, 3.05) is 0 Å². The number of fused-ring (bicyclic) bond motifs is 3. The van der Waals surface area contributed by atoms with Crippen LogP contribution in [0.2, 0.25) is 0 Å². The van der Waals surface area contributed by atoms with Crippen molar-refractivity contribution in [3.05, 3.63) is 43.0 Å². The van der Waals surface area contributed by atoms with Gasteiger partial charge in [-0.15, -0.1) is 0 Å². The number of pyridine rings is 1. The van der Waals surface area contributed by atoms with Gasteiger partial charge in [0.25, 0.3) is 0 Å². The van der Waals surface area contributed by atoms with Crippen LogP contribution in [-0.2, 0) is 0 Å². The molecule has 0 amide bonds. The average Bonchev–Trinajstić information content (AvgIpc) is 2.65. The summed E-state index contributed by atoms with van der Waals surface area (Å²) >= 11 is 0. The first-order valence-electron chi connectivity index (χ1n) is 4.11. The van der Waals surface area contributed by atoms with Gasteiger partial charge < -0.3 is 4.40 Å². The Balaban J connectivity index is 2.65. The van der Waals surface area contributed by atoms with Crippen LogP contribution < -0.4 is 0 Å². The third-order valence-corrected chi connectivity index (χ3v) is 2.15. The number of hydrogen-bond acceptors (Lipinski definition) is 2. The molecule has 0 aromatic carbocycles. The molecule has 0 saturated carbocycles. The van der Waals surface area contributed by atoms with Gasteiger partial charge in [-0.3, -0.25) is 4.98 Å². The van der Waals surface area contributed by atoms with Gasteiger partial charge >= 0.3 is 0 Å². The maximum atomic E-state index is 4.29. The minimum atomic E-state index is 0.971. The van der Waals surface area contributed by atoms with Crippen molar-refractivity contribution in [1.29, 1.82) is 0 Å². The molecule has 0 unspecified atom stereocenters. The van der Waals surface area contributed by atoms with Gasteiger partial charge in [0, 0.05) is 30.2 Å². The van der Waals surface area contributed by atoms with E-state index in [4.69, 9.17) is 0 Å². The second-order valence-electron chi connectivity index (χ2n) is 2.93. The Morgan fingerprint density at radius 3 is 3.15 bits per heavy atom. The first-order chi connectivity index (χ1) is 6.45. The van der Waals surface area contributed by atoms with Gasteiger partial charge in [-0.25, -0.2) is 4.98 Å². The van der Waals surface area contributed by atoms with E-state index in [0.717, 1.165) is 16.6 Å². The standard InChI is InChI=1S/C10H7N3/c1-2-10-12-7-8-6-11-4-3-9(8)13(10)5-1/h1-7H. The molecule has 62 valence electrons. The molecule has 3 rings (SSSR count). The fraction of sp³-hybridized carbons (Fsp3) is 0. The Morgan fingerprint density at radius 2 is 2.15 bits per heavy atom. The summed E-state index contributed by atoms with van der Waals surface area (Å²) in [6, 6.07) is 5.96. The van der Waals surface area contributed by atoms with Crippen molar-refractivity contribution >= 4 is 16.6 Å². The lowest BCUT2D eigenvalue weighted by Gasteiger charge is -1.99. The Morgan fingerprint density at radius 1 is 1.15 bits per heavy atom. The molecule has 0 aliphatic carbocycles. The lowest BCUT2D eigenvalue weighted by molar-refractivity contribution is 1.18. The topological polar surface area (TPSA) is 30.2 Å². The first kappa shape index (κ1) is 6.60. The lowest BCUT2D eigenvalue weighted by atomic mass is 10.3. The van der Waals surface area contributed by atoms with Crippen molar-refractivity contribution in [3.63, 3.8) is 0 Å². The van der Waals surface area contributed by atoms with E-state index in [-0.39, 0.29) is 0 Å². The van der Waals surface area contributed by atoms with Crippen LogP contribution in [-0.4, -0.2) is 14.4 Å². The van der Waals surface area contributed by atoms with Gasteiger partial charge in [-0.1, -0.05) is 0 Å². The molecule has 13 heavy (non-hydrogen) atoms. The minimum Gasteiger partial charge on any atom is -0.301 e. The first-order valence-corrected chi connectivity index (χ1v) is 4.11. The van der Waals surface area contributed by atoms with Crippen molar-refractivity contribution in [1.82, 2.24) is 14.4 Å².